The largest absolute Gasteiger partial charge is 0.370 e. The number of hydrogen-bond acceptors (Lipinski definition) is 5. The number of nitrogens with zero attached hydrogens (tertiary/aromatic N) is 2. The Balaban J connectivity index is 2.81. The van der Waals surface area contributed by atoms with E-state index in [1.54, 1.807) is 0 Å². The molecule has 0 radical (unpaired) electrons. The molecule has 1 aromatic rings. The molecule has 0 fully saturated rings. The van der Waals surface area contributed by atoms with E-state index in [1.807, 2.05) is 17.8 Å². The number of hydrogen-bond donors (Lipinski definition) is 2. The molecule has 4 nitrogen and oxygen atoms in total. The summed E-state index contributed by atoms with van der Waals surface area (Å²) in [6.07, 6.45) is 3.28. The molecular weight excluding hydrogens is 256 g/mol. The van der Waals surface area contributed by atoms with Crippen LogP contribution in [-0.2, 0) is 5.41 Å². The normalized spacial score (nSPS) is 11.4. The van der Waals surface area contributed by atoms with Gasteiger partial charge in [-0.25, -0.2) is 9.97 Å². The smallest absolute Gasteiger partial charge is 0.138 e. The van der Waals surface area contributed by atoms with Crippen LogP contribution in [0.3, 0.4) is 0 Å². The first kappa shape index (κ1) is 16.1. The summed E-state index contributed by atoms with van der Waals surface area (Å²) in [6.45, 7) is 10.3. The van der Waals surface area contributed by atoms with Gasteiger partial charge in [0.05, 0.1) is 0 Å². The van der Waals surface area contributed by atoms with Gasteiger partial charge in [0, 0.05) is 24.6 Å². The van der Waals surface area contributed by atoms with E-state index < -0.39 is 0 Å². The maximum Gasteiger partial charge on any atom is 0.138 e. The van der Waals surface area contributed by atoms with Crippen molar-refractivity contribution in [1.29, 1.82) is 0 Å². The first-order valence-corrected chi connectivity index (χ1v) is 8.23. The van der Waals surface area contributed by atoms with Crippen LogP contribution in [0.2, 0.25) is 0 Å². The Morgan fingerprint density at radius 3 is 2.32 bits per heavy atom. The van der Waals surface area contributed by atoms with Crippen molar-refractivity contribution in [2.75, 3.05) is 35.7 Å². The lowest BCUT2D eigenvalue weighted by molar-refractivity contribution is 0.546. The Hall–Kier alpha value is -0.970. The highest BCUT2D eigenvalue weighted by atomic mass is 32.2. The minimum absolute atomic E-state index is 0.0405. The molecule has 0 atom stereocenters. The maximum absolute atomic E-state index is 4.62. The molecule has 0 aliphatic rings. The SMILES string of the molecule is CCNc1cc(NCCCSC)nc(C(C)(C)C)n1. The summed E-state index contributed by atoms with van der Waals surface area (Å²) in [6, 6.07) is 1.98. The van der Waals surface area contributed by atoms with E-state index in [0.29, 0.717) is 0 Å². The van der Waals surface area contributed by atoms with Gasteiger partial charge in [-0.3, -0.25) is 0 Å². The predicted molar refractivity (Wildman–Crippen MR) is 86.4 cm³/mol. The molecule has 0 unspecified atom stereocenters. The van der Waals surface area contributed by atoms with E-state index in [9.17, 15) is 0 Å². The van der Waals surface area contributed by atoms with Crippen LogP contribution in [0, 0.1) is 0 Å². The zero-order chi connectivity index (χ0) is 14.3. The first-order chi connectivity index (χ1) is 8.97. The highest BCUT2D eigenvalue weighted by Crippen LogP contribution is 2.22. The Labute approximate surface area is 121 Å². The highest BCUT2D eigenvalue weighted by molar-refractivity contribution is 7.98. The van der Waals surface area contributed by atoms with Crippen molar-refractivity contribution in [3.63, 3.8) is 0 Å². The van der Waals surface area contributed by atoms with Crippen LogP contribution < -0.4 is 10.6 Å². The molecule has 0 aliphatic carbocycles. The molecule has 1 rings (SSSR count). The number of thioether (sulfide) groups is 1. The fourth-order valence-electron chi connectivity index (χ4n) is 1.58. The molecule has 5 heteroatoms. The van der Waals surface area contributed by atoms with Crippen molar-refractivity contribution in [2.45, 2.75) is 39.5 Å². The summed E-state index contributed by atoms with van der Waals surface area (Å²) in [4.78, 5) is 9.19. The molecule has 19 heavy (non-hydrogen) atoms. The van der Waals surface area contributed by atoms with E-state index in [-0.39, 0.29) is 5.41 Å². The molecule has 0 aromatic carbocycles. The van der Waals surface area contributed by atoms with Crippen molar-refractivity contribution < 1.29 is 0 Å². The van der Waals surface area contributed by atoms with E-state index in [0.717, 1.165) is 37.0 Å². The van der Waals surface area contributed by atoms with Crippen LogP contribution >= 0.6 is 11.8 Å². The standard InChI is InChI=1S/C14H26N4S/c1-6-15-11-10-12(16-8-7-9-19-5)18-13(17-11)14(2,3)4/h10H,6-9H2,1-5H3,(H2,15,16,17,18). The molecule has 0 amide bonds. The summed E-state index contributed by atoms with van der Waals surface area (Å²) >= 11 is 1.87. The molecule has 0 bridgehead atoms. The van der Waals surface area contributed by atoms with E-state index in [4.69, 9.17) is 0 Å². The van der Waals surface area contributed by atoms with Gasteiger partial charge in [-0.2, -0.15) is 11.8 Å². The Morgan fingerprint density at radius 1 is 1.16 bits per heavy atom. The second kappa shape index (κ2) is 7.58. The zero-order valence-electron chi connectivity index (χ0n) is 12.7. The lowest BCUT2D eigenvalue weighted by atomic mass is 9.96. The quantitative estimate of drug-likeness (QED) is 0.751. The Kier molecular flexibility index (Phi) is 6.42. The molecular formula is C14H26N4S. The number of rotatable bonds is 7. The molecule has 108 valence electrons. The minimum atomic E-state index is -0.0405. The number of anilines is 2. The van der Waals surface area contributed by atoms with Gasteiger partial charge in [0.2, 0.25) is 0 Å². The fraction of sp³-hybridized carbons (Fsp3) is 0.714. The highest BCUT2D eigenvalue weighted by Gasteiger charge is 2.18. The molecule has 0 saturated heterocycles. The summed E-state index contributed by atoms with van der Waals surface area (Å²) < 4.78 is 0. The Bertz CT molecular complexity index is 388. The third-order valence-electron chi connectivity index (χ3n) is 2.59. The van der Waals surface area contributed by atoms with Crippen LogP contribution in [0.25, 0.3) is 0 Å². The van der Waals surface area contributed by atoms with Crippen molar-refractivity contribution in [3.8, 4) is 0 Å². The van der Waals surface area contributed by atoms with Crippen LogP contribution in [0.15, 0.2) is 6.07 Å². The van der Waals surface area contributed by atoms with Gasteiger partial charge in [0.1, 0.15) is 17.5 Å². The molecule has 1 heterocycles. The first-order valence-electron chi connectivity index (χ1n) is 6.83. The maximum atomic E-state index is 4.62. The van der Waals surface area contributed by atoms with Crippen LogP contribution in [0.1, 0.15) is 39.9 Å². The molecule has 1 aromatic heterocycles. The van der Waals surface area contributed by atoms with Crippen LogP contribution in [0.5, 0.6) is 0 Å². The van der Waals surface area contributed by atoms with Gasteiger partial charge in [0.25, 0.3) is 0 Å². The summed E-state index contributed by atoms with van der Waals surface area (Å²) in [5.41, 5.74) is -0.0405. The monoisotopic (exact) mass is 282 g/mol. The second-order valence-electron chi connectivity index (χ2n) is 5.52. The second-order valence-corrected chi connectivity index (χ2v) is 6.50. The van der Waals surface area contributed by atoms with Crippen LogP contribution in [0.4, 0.5) is 11.6 Å². The van der Waals surface area contributed by atoms with Gasteiger partial charge in [-0.05, 0) is 25.4 Å². The molecule has 2 N–H and O–H groups in total. The zero-order valence-corrected chi connectivity index (χ0v) is 13.5. The van der Waals surface area contributed by atoms with Crippen molar-refractivity contribution in [3.05, 3.63) is 11.9 Å². The van der Waals surface area contributed by atoms with E-state index in [1.165, 1.54) is 5.75 Å². The Morgan fingerprint density at radius 2 is 1.79 bits per heavy atom. The van der Waals surface area contributed by atoms with Gasteiger partial charge < -0.3 is 10.6 Å². The summed E-state index contributed by atoms with van der Waals surface area (Å²) in [7, 11) is 0. The number of nitrogens with one attached hydrogen (secondary N) is 2. The summed E-state index contributed by atoms with van der Waals surface area (Å²) in [5.74, 6) is 3.86. The molecule has 0 spiro atoms. The van der Waals surface area contributed by atoms with Gasteiger partial charge in [0.15, 0.2) is 0 Å². The molecule has 0 saturated carbocycles. The predicted octanol–water partition coefficient (Wildman–Crippen LogP) is 3.37. The lowest BCUT2D eigenvalue weighted by Crippen LogP contribution is -2.19. The average Bonchev–Trinajstić information content (AvgIpc) is 2.34. The lowest BCUT2D eigenvalue weighted by Gasteiger charge is -2.19. The van der Waals surface area contributed by atoms with E-state index in [2.05, 4.69) is 54.6 Å². The minimum Gasteiger partial charge on any atom is -0.370 e. The number of aromatic nitrogens is 2. The average molecular weight is 282 g/mol. The topological polar surface area (TPSA) is 49.8 Å². The third-order valence-corrected chi connectivity index (χ3v) is 3.28. The van der Waals surface area contributed by atoms with Crippen molar-refractivity contribution in [1.82, 2.24) is 9.97 Å². The van der Waals surface area contributed by atoms with Crippen LogP contribution in [-0.4, -0.2) is 35.1 Å². The molecule has 0 aliphatic heterocycles. The van der Waals surface area contributed by atoms with Gasteiger partial charge in [-0.1, -0.05) is 20.8 Å². The van der Waals surface area contributed by atoms with Gasteiger partial charge in [-0.15, -0.1) is 0 Å². The third kappa shape index (κ3) is 5.68. The van der Waals surface area contributed by atoms with Gasteiger partial charge >= 0.3 is 0 Å². The summed E-state index contributed by atoms with van der Waals surface area (Å²) in [5, 5.41) is 6.65. The van der Waals surface area contributed by atoms with Crippen molar-refractivity contribution >= 4 is 23.4 Å². The van der Waals surface area contributed by atoms with E-state index >= 15 is 0 Å². The van der Waals surface area contributed by atoms with Crippen molar-refractivity contribution in [2.24, 2.45) is 0 Å². The fourth-order valence-corrected chi connectivity index (χ4v) is 2.01.